The van der Waals surface area contributed by atoms with Gasteiger partial charge in [0.25, 0.3) is 0 Å². The predicted octanol–water partition coefficient (Wildman–Crippen LogP) is 2.44. The van der Waals surface area contributed by atoms with Gasteiger partial charge in [-0.15, -0.1) is 0 Å². The molecule has 0 heterocycles. The molecule has 13 heavy (non-hydrogen) atoms. The molecule has 1 unspecified atom stereocenters. The standard InChI is InChI=1S/C10H13BrO2/c1-7-3-4-8(9(11)5-7)10(12)6-13-2/h3-5,10,12H,6H2,1-2H3. The van der Waals surface area contributed by atoms with Crippen molar-refractivity contribution in [1.82, 2.24) is 0 Å². The molecule has 1 N–H and O–H groups in total. The van der Waals surface area contributed by atoms with Gasteiger partial charge >= 0.3 is 0 Å². The van der Waals surface area contributed by atoms with Gasteiger partial charge in [0.1, 0.15) is 6.10 Å². The molecular formula is C10H13BrO2. The maximum Gasteiger partial charge on any atom is 0.103 e. The van der Waals surface area contributed by atoms with Gasteiger partial charge in [-0.25, -0.2) is 0 Å². The van der Waals surface area contributed by atoms with Crippen molar-refractivity contribution < 1.29 is 9.84 Å². The van der Waals surface area contributed by atoms with Crippen LogP contribution in [0.1, 0.15) is 17.2 Å². The second-order valence-electron chi connectivity index (χ2n) is 3.00. The van der Waals surface area contributed by atoms with Crippen LogP contribution in [0.15, 0.2) is 22.7 Å². The summed E-state index contributed by atoms with van der Waals surface area (Å²) in [5, 5.41) is 9.64. The Morgan fingerprint density at radius 1 is 1.54 bits per heavy atom. The number of methoxy groups -OCH3 is 1. The van der Waals surface area contributed by atoms with Gasteiger partial charge in [-0.05, 0) is 24.1 Å². The second kappa shape index (κ2) is 4.74. The van der Waals surface area contributed by atoms with Crippen molar-refractivity contribution in [3.63, 3.8) is 0 Å². The number of aliphatic hydroxyl groups is 1. The fourth-order valence-corrected chi connectivity index (χ4v) is 1.91. The lowest BCUT2D eigenvalue weighted by atomic mass is 10.1. The van der Waals surface area contributed by atoms with Crippen LogP contribution in [-0.4, -0.2) is 18.8 Å². The van der Waals surface area contributed by atoms with Crippen LogP contribution < -0.4 is 0 Å². The fraction of sp³-hybridized carbons (Fsp3) is 0.400. The van der Waals surface area contributed by atoms with Crippen molar-refractivity contribution in [2.75, 3.05) is 13.7 Å². The Labute approximate surface area is 86.7 Å². The number of halogens is 1. The minimum absolute atomic E-state index is 0.321. The third-order valence-electron chi connectivity index (χ3n) is 1.84. The van der Waals surface area contributed by atoms with Crippen LogP contribution in [-0.2, 0) is 4.74 Å². The van der Waals surface area contributed by atoms with Crippen molar-refractivity contribution in [1.29, 1.82) is 0 Å². The minimum Gasteiger partial charge on any atom is -0.386 e. The van der Waals surface area contributed by atoms with E-state index in [1.165, 1.54) is 5.56 Å². The van der Waals surface area contributed by atoms with Gasteiger partial charge in [-0.3, -0.25) is 0 Å². The molecule has 0 aliphatic rings. The Balaban J connectivity index is 2.88. The highest BCUT2D eigenvalue weighted by Crippen LogP contribution is 2.24. The Bertz CT molecular complexity index is 286. The van der Waals surface area contributed by atoms with Gasteiger partial charge in [-0.2, -0.15) is 0 Å². The average Bonchev–Trinajstić information content (AvgIpc) is 2.04. The summed E-state index contributed by atoms with van der Waals surface area (Å²) >= 11 is 3.40. The SMILES string of the molecule is COCC(O)c1ccc(C)cc1Br. The van der Waals surface area contributed by atoms with Gasteiger partial charge < -0.3 is 9.84 Å². The molecule has 0 radical (unpaired) electrons. The van der Waals surface area contributed by atoms with E-state index in [4.69, 9.17) is 4.74 Å². The number of aliphatic hydroxyl groups excluding tert-OH is 1. The third kappa shape index (κ3) is 2.79. The maximum atomic E-state index is 9.64. The molecule has 2 nitrogen and oxygen atoms in total. The van der Waals surface area contributed by atoms with E-state index in [2.05, 4.69) is 15.9 Å². The molecular weight excluding hydrogens is 232 g/mol. The summed E-state index contributed by atoms with van der Waals surface area (Å²) in [6.45, 7) is 2.33. The fourth-order valence-electron chi connectivity index (χ4n) is 1.15. The van der Waals surface area contributed by atoms with Crippen LogP contribution in [0.4, 0.5) is 0 Å². The summed E-state index contributed by atoms with van der Waals surface area (Å²) in [5.41, 5.74) is 2.03. The van der Waals surface area contributed by atoms with Gasteiger partial charge in [0, 0.05) is 11.6 Å². The lowest BCUT2D eigenvalue weighted by molar-refractivity contribution is 0.0639. The van der Waals surface area contributed by atoms with Gasteiger partial charge in [0.15, 0.2) is 0 Å². The van der Waals surface area contributed by atoms with Gasteiger partial charge in [0.05, 0.1) is 6.61 Å². The average molecular weight is 245 g/mol. The monoisotopic (exact) mass is 244 g/mol. The van der Waals surface area contributed by atoms with E-state index in [0.717, 1.165) is 10.0 Å². The molecule has 0 spiro atoms. The summed E-state index contributed by atoms with van der Waals surface area (Å²) in [6, 6.07) is 5.86. The first-order valence-corrected chi connectivity index (χ1v) is 4.87. The molecule has 0 aromatic heterocycles. The molecule has 72 valence electrons. The van der Waals surface area contributed by atoms with E-state index >= 15 is 0 Å². The highest BCUT2D eigenvalue weighted by molar-refractivity contribution is 9.10. The molecule has 0 aliphatic heterocycles. The number of hydrogen-bond donors (Lipinski definition) is 1. The lowest BCUT2D eigenvalue weighted by Crippen LogP contribution is -2.05. The van der Waals surface area contributed by atoms with E-state index in [0.29, 0.717) is 6.61 Å². The Morgan fingerprint density at radius 2 is 2.23 bits per heavy atom. The maximum absolute atomic E-state index is 9.64. The summed E-state index contributed by atoms with van der Waals surface area (Å²) in [6.07, 6.45) is -0.556. The van der Waals surface area contributed by atoms with Crippen molar-refractivity contribution in [2.24, 2.45) is 0 Å². The highest BCUT2D eigenvalue weighted by Gasteiger charge is 2.10. The molecule has 0 saturated carbocycles. The molecule has 0 saturated heterocycles. The van der Waals surface area contributed by atoms with Crippen LogP contribution >= 0.6 is 15.9 Å². The smallest absolute Gasteiger partial charge is 0.103 e. The van der Waals surface area contributed by atoms with Gasteiger partial charge in [0.2, 0.25) is 0 Å². The van der Waals surface area contributed by atoms with Crippen LogP contribution in [0.2, 0.25) is 0 Å². The molecule has 0 bridgehead atoms. The summed E-state index contributed by atoms with van der Waals surface area (Å²) in [4.78, 5) is 0. The van der Waals surface area contributed by atoms with Crippen LogP contribution in [0.25, 0.3) is 0 Å². The van der Waals surface area contributed by atoms with Crippen LogP contribution in [0, 0.1) is 6.92 Å². The first-order valence-electron chi connectivity index (χ1n) is 4.08. The highest BCUT2D eigenvalue weighted by atomic mass is 79.9. The largest absolute Gasteiger partial charge is 0.386 e. The van der Waals surface area contributed by atoms with Crippen molar-refractivity contribution in [3.05, 3.63) is 33.8 Å². The van der Waals surface area contributed by atoms with E-state index < -0.39 is 6.10 Å². The summed E-state index contributed by atoms with van der Waals surface area (Å²) < 4.78 is 5.80. The van der Waals surface area contributed by atoms with Crippen molar-refractivity contribution in [2.45, 2.75) is 13.0 Å². The van der Waals surface area contributed by atoms with Gasteiger partial charge in [-0.1, -0.05) is 28.1 Å². The Hall–Kier alpha value is -0.380. The number of ether oxygens (including phenoxy) is 1. The molecule has 0 amide bonds. The number of aryl methyl sites for hydroxylation is 1. The quantitative estimate of drug-likeness (QED) is 0.886. The van der Waals surface area contributed by atoms with Crippen LogP contribution in [0.5, 0.6) is 0 Å². The second-order valence-corrected chi connectivity index (χ2v) is 3.85. The zero-order valence-corrected chi connectivity index (χ0v) is 9.34. The van der Waals surface area contributed by atoms with E-state index in [9.17, 15) is 5.11 Å². The predicted molar refractivity (Wildman–Crippen MR) is 55.7 cm³/mol. The Kier molecular flexibility index (Phi) is 3.90. The number of rotatable bonds is 3. The number of benzene rings is 1. The van der Waals surface area contributed by atoms with E-state index in [1.54, 1.807) is 7.11 Å². The molecule has 1 aromatic rings. The lowest BCUT2D eigenvalue weighted by Gasteiger charge is -2.11. The summed E-state index contributed by atoms with van der Waals surface area (Å²) in [5.74, 6) is 0. The Morgan fingerprint density at radius 3 is 2.77 bits per heavy atom. The van der Waals surface area contributed by atoms with E-state index in [1.807, 2.05) is 25.1 Å². The zero-order valence-electron chi connectivity index (χ0n) is 7.75. The normalized spacial score (nSPS) is 12.9. The first-order chi connectivity index (χ1) is 6.15. The molecule has 1 aromatic carbocycles. The molecule has 0 fully saturated rings. The number of hydrogen-bond acceptors (Lipinski definition) is 2. The molecule has 0 aliphatic carbocycles. The van der Waals surface area contributed by atoms with Crippen molar-refractivity contribution >= 4 is 15.9 Å². The molecule has 3 heteroatoms. The van der Waals surface area contributed by atoms with Crippen molar-refractivity contribution in [3.8, 4) is 0 Å². The third-order valence-corrected chi connectivity index (χ3v) is 2.53. The zero-order chi connectivity index (χ0) is 9.84. The topological polar surface area (TPSA) is 29.5 Å². The summed E-state index contributed by atoms with van der Waals surface area (Å²) in [7, 11) is 1.57. The van der Waals surface area contributed by atoms with E-state index in [-0.39, 0.29) is 0 Å². The van der Waals surface area contributed by atoms with Crippen LogP contribution in [0.3, 0.4) is 0 Å². The first kappa shape index (κ1) is 10.7. The molecule has 1 rings (SSSR count). The molecule has 1 atom stereocenters. The minimum atomic E-state index is -0.556.